The lowest BCUT2D eigenvalue weighted by Crippen LogP contribution is -2.42. The zero-order valence-corrected chi connectivity index (χ0v) is 14.3. The Labute approximate surface area is 145 Å². The van der Waals surface area contributed by atoms with E-state index in [1.165, 1.54) is 11.1 Å². The van der Waals surface area contributed by atoms with Crippen molar-refractivity contribution in [3.63, 3.8) is 0 Å². The molecule has 1 N–H and O–H groups in total. The molecule has 126 valence electrons. The molecular formula is C21H26N2O. The van der Waals surface area contributed by atoms with E-state index in [0.29, 0.717) is 0 Å². The van der Waals surface area contributed by atoms with Gasteiger partial charge in [-0.25, -0.2) is 0 Å². The van der Waals surface area contributed by atoms with Crippen LogP contribution in [0.4, 0.5) is 0 Å². The number of nitrogens with one attached hydrogen (secondary N) is 1. The standard InChI is InChI=1S/C21H26N2O/c1-3-10-21(22-18(2)24)17-23(15-19-11-6-4-7-12-19)16-20-13-8-5-9-14-20/h3-9,11-14,21H,1,10,15-17H2,2H3,(H,22,24)/t21-/m1/s1. The Morgan fingerprint density at radius 3 is 1.96 bits per heavy atom. The van der Waals surface area contributed by atoms with Crippen LogP contribution in [-0.4, -0.2) is 23.4 Å². The summed E-state index contributed by atoms with van der Waals surface area (Å²) in [4.78, 5) is 13.8. The maximum absolute atomic E-state index is 11.5. The molecule has 0 heterocycles. The minimum Gasteiger partial charge on any atom is -0.352 e. The van der Waals surface area contributed by atoms with Gasteiger partial charge in [0.15, 0.2) is 0 Å². The average molecular weight is 322 g/mol. The van der Waals surface area contributed by atoms with Crippen molar-refractivity contribution in [1.82, 2.24) is 10.2 Å². The molecular weight excluding hydrogens is 296 g/mol. The molecule has 0 fully saturated rings. The molecule has 3 nitrogen and oxygen atoms in total. The maximum atomic E-state index is 11.5. The molecule has 0 radical (unpaired) electrons. The second-order valence-electron chi connectivity index (χ2n) is 6.06. The van der Waals surface area contributed by atoms with E-state index in [-0.39, 0.29) is 11.9 Å². The van der Waals surface area contributed by atoms with Crippen molar-refractivity contribution in [3.05, 3.63) is 84.4 Å². The van der Waals surface area contributed by atoms with E-state index in [0.717, 1.165) is 26.1 Å². The van der Waals surface area contributed by atoms with Gasteiger partial charge in [0.1, 0.15) is 0 Å². The molecule has 1 atom stereocenters. The minimum absolute atomic E-state index is 0.00113. The van der Waals surface area contributed by atoms with Gasteiger partial charge in [0.05, 0.1) is 0 Å². The van der Waals surface area contributed by atoms with Crippen LogP contribution in [-0.2, 0) is 17.9 Å². The number of amides is 1. The summed E-state index contributed by atoms with van der Waals surface area (Å²) in [5.74, 6) is 0.00113. The van der Waals surface area contributed by atoms with Gasteiger partial charge in [-0.15, -0.1) is 6.58 Å². The van der Waals surface area contributed by atoms with Gasteiger partial charge in [0.25, 0.3) is 0 Å². The largest absolute Gasteiger partial charge is 0.352 e. The summed E-state index contributed by atoms with van der Waals surface area (Å²) in [6.07, 6.45) is 2.63. The summed E-state index contributed by atoms with van der Waals surface area (Å²) in [5.41, 5.74) is 2.54. The highest BCUT2D eigenvalue weighted by molar-refractivity contribution is 5.73. The third-order valence-electron chi connectivity index (χ3n) is 3.84. The zero-order chi connectivity index (χ0) is 17.2. The molecule has 0 saturated heterocycles. The van der Waals surface area contributed by atoms with Crippen molar-refractivity contribution in [2.45, 2.75) is 32.5 Å². The predicted molar refractivity (Wildman–Crippen MR) is 99.4 cm³/mol. The van der Waals surface area contributed by atoms with E-state index in [9.17, 15) is 4.79 Å². The Morgan fingerprint density at radius 2 is 1.54 bits per heavy atom. The summed E-state index contributed by atoms with van der Waals surface area (Å²) < 4.78 is 0. The van der Waals surface area contributed by atoms with E-state index in [1.807, 2.05) is 18.2 Å². The Bertz CT molecular complexity index is 583. The van der Waals surface area contributed by atoms with Crippen molar-refractivity contribution < 1.29 is 4.79 Å². The van der Waals surface area contributed by atoms with Crippen LogP contribution in [0.1, 0.15) is 24.5 Å². The summed E-state index contributed by atoms with van der Waals surface area (Å²) in [6.45, 7) is 7.86. The van der Waals surface area contributed by atoms with Gasteiger partial charge in [-0.05, 0) is 17.5 Å². The second-order valence-corrected chi connectivity index (χ2v) is 6.06. The normalized spacial score (nSPS) is 11.9. The minimum atomic E-state index is 0.00113. The van der Waals surface area contributed by atoms with Crippen molar-refractivity contribution in [2.75, 3.05) is 6.54 Å². The van der Waals surface area contributed by atoms with Gasteiger partial charge >= 0.3 is 0 Å². The number of hydrogen-bond acceptors (Lipinski definition) is 2. The highest BCUT2D eigenvalue weighted by Crippen LogP contribution is 2.11. The third kappa shape index (κ3) is 6.39. The second kappa shape index (κ2) is 9.68. The maximum Gasteiger partial charge on any atom is 0.217 e. The quantitative estimate of drug-likeness (QED) is 0.713. The van der Waals surface area contributed by atoms with Crippen molar-refractivity contribution >= 4 is 5.91 Å². The van der Waals surface area contributed by atoms with Crippen LogP contribution < -0.4 is 5.32 Å². The fourth-order valence-electron chi connectivity index (χ4n) is 2.85. The van der Waals surface area contributed by atoms with Crippen LogP contribution in [0.25, 0.3) is 0 Å². The molecule has 1 amide bonds. The summed E-state index contributed by atoms with van der Waals surface area (Å²) in [7, 11) is 0. The smallest absolute Gasteiger partial charge is 0.217 e. The molecule has 0 spiro atoms. The van der Waals surface area contributed by atoms with E-state index >= 15 is 0 Å². The van der Waals surface area contributed by atoms with E-state index < -0.39 is 0 Å². The Balaban J connectivity index is 2.11. The van der Waals surface area contributed by atoms with Gasteiger partial charge < -0.3 is 5.32 Å². The lowest BCUT2D eigenvalue weighted by molar-refractivity contribution is -0.119. The topological polar surface area (TPSA) is 32.3 Å². The lowest BCUT2D eigenvalue weighted by Gasteiger charge is -2.27. The van der Waals surface area contributed by atoms with Crippen molar-refractivity contribution in [2.24, 2.45) is 0 Å². The Morgan fingerprint density at radius 1 is 1.04 bits per heavy atom. The Kier molecular flexibility index (Phi) is 7.24. The lowest BCUT2D eigenvalue weighted by atomic mass is 10.1. The first-order chi connectivity index (χ1) is 11.7. The van der Waals surface area contributed by atoms with Crippen molar-refractivity contribution in [3.8, 4) is 0 Å². The van der Waals surface area contributed by atoms with Gasteiger partial charge in [0.2, 0.25) is 5.91 Å². The first-order valence-electron chi connectivity index (χ1n) is 8.35. The van der Waals surface area contributed by atoms with Gasteiger partial charge in [-0.2, -0.15) is 0 Å². The SMILES string of the molecule is C=CC[C@H](CN(Cc1ccccc1)Cc1ccccc1)NC(C)=O. The van der Waals surface area contributed by atoms with Gasteiger partial charge in [-0.1, -0.05) is 66.7 Å². The first-order valence-corrected chi connectivity index (χ1v) is 8.35. The van der Waals surface area contributed by atoms with E-state index in [2.05, 4.69) is 65.3 Å². The fourth-order valence-corrected chi connectivity index (χ4v) is 2.85. The monoisotopic (exact) mass is 322 g/mol. The summed E-state index contributed by atoms with van der Waals surface area (Å²) in [6, 6.07) is 20.9. The number of benzene rings is 2. The van der Waals surface area contributed by atoms with Crippen LogP contribution in [0.15, 0.2) is 73.3 Å². The highest BCUT2D eigenvalue weighted by Gasteiger charge is 2.15. The van der Waals surface area contributed by atoms with E-state index in [4.69, 9.17) is 0 Å². The Hall–Kier alpha value is -2.39. The van der Waals surface area contributed by atoms with Crippen LogP contribution in [0.5, 0.6) is 0 Å². The summed E-state index contributed by atoms with van der Waals surface area (Å²) >= 11 is 0. The molecule has 2 aromatic rings. The van der Waals surface area contributed by atoms with Gasteiger partial charge in [0, 0.05) is 32.6 Å². The van der Waals surface area contributed by atoms with E-state index in [1.54, 1.807) is 6.92 Å². The molecule has 0 aliphatic carbocycles. The zero-order valence-electron chi connectivity index (χ0n) is 14.3. The molecule has 0 aliphatic heterocycles. The summed E-state index contributed by atoms with van der Waals surface area (Å²) in [5, 5.41) is 3.03. The van der Waals surface area contributed by atoms with Crippen LogP contribution in [0.3, 0.4) is 0 Å². The molecule has 0 aromatic heterocycles. The number of hydrogen-bond donors (Lipinski definition) is 1. The molecule has 0 unspecified atom stereocenters. The average Bonchev–Trinajstić information content (AvgIpc) is 2.56. The van der Waals surface area contributed by atoms with Crippen molar-refractivity contribution in [1.29, 1.82) is 0 Å². The molecule has 0 bridgehead atoms. The molecule has 0 aliphatic rings. The molecule has 24 heavy (non-hydrogen) atoms. The highest BCUT2D eigenvalue weighted by atomic mass is 16.1. The van der Waals surface area contributed by atoms with Crippen LogP contribution in [0.2, 0.25) is 0 Å². The number of rotatable bonds is 9. The number of carbonyl (C=O) groups is 1. The van der Waals surface area contributed by atoms with Crippen LogP contribution >= 0.6 is 0 Å². The van der Waals surface area contributed by atoms with Crippen LogP contribution in [0, 0.1) is 0 Å². The molecule has 2 rings (SSSR count). The first kappa shape index (κ1) is 18.0. The molecule has 0 saturated carbocycles. The number of carbonyl (C=O) groups excluding carboxylic acids is 1. The fraction of sp³-hybridized carbons (Fsp3) is 0.286. The van der Waals surface area contributed by atoms with Gasteiger partial charge in [-0.3, -0.25) is 9.69 Å². The number of nitrogens with zero attached hydrogens (tertiary/aromatic N) is 1. The predicted octanol–water partition coefficient (Wildman–Crippen LogP) is 3.77. The third-order valence-corrected chi connectivity index (χ3v) is 3.84. The molecule has 2 aromatic carbocycles. The molecule has 3 heteroatoms.